The highest BCUT2D eigenvalue weighted by Crippen LogP contribution is 2.21. The van der Waals surface area contributed by atoms with Crippen LogP contribution in [0, 0.1) is 11.8 Å². The number of carbonyl (C=O) groups excluding carboxylic acids is 1. The fourth-order valence-electron chi connectivity index (χ4n) is 2.75. The number of amides is 1. The van der Waals surface area contributed by atoms with Crippen LogP contribution in [0.2, 0.25) is 0 Å². The summed E-state index contributed by atoms with van der Waals surface area (Å²) in [6, 6.07) is 0.224. The summed E-state index contributed by atoms with van der Waals surface area (Å²) < 4.78 is 0. The number of piperidine rings is 1. The van der Waals surface area contributed by atoms with E-state index in [0.29, 0.717) is 25.4 Å². The van der Waals surface area contributed by atoms with E-state index < -0.39 is 5.97 Å². The molecule has 0 aromatic carbocycles. The molecule has 0 radical (unpaired) electrons. The maximum absolute atomic E-state index is 11.9. The van der Waals surface area contributed by atoms with Gasteiger partial charge < -0.3 is 15.3 Å². The van der Waals surface area contributed by atoms with Crippen molar-refractivity contribution in [3.63, 3.8) is 0 Å². The number of carboxylic acids is 1. The molecule has 0 aliphatic carbocycles. The molecular formula is C15H28N2O3. The quantitative estimate of drug-likeness (QED) is 0.747. The van der Waals surface area contributed by atoms with E-state index in [-0.39, 0.29) is 24.3 Å². The number of nitrogens with zero attached hydrogens (tertiary/aromatic N) is 1. The fraction of sp³-hybridized carbons (Fsp3) is 0.867. The summed E-state index contributed by atoms with van der Waals surface area (Å²) in [6.07, 6.45) is 2.58. The first kappa shape index (κ1) is 17.0. The molecule has 0 bridgehead atoms. The number of carboxylic acid groups (broad SMARTS) is 1. The van der Waals surface area contributed by atoms with Crippen LogP contribution in [-0.2, 0) is 9.59 Å². The smallest absolute Gasteiger partial charge is 0.303 e. The van der Waals surface area contributed by atoms with Crippen LogP contribution in [0.25, 0.3) is 0 Å². The van der Waals surface area contributed by atoms with Gasteiger partial charge >= 0.3 is 5.97 Å². The molecule has 1 heterocycles. The van der Waals surface area contributed by atoms with Crippen LogP contribution in [0.3, 0.4) is 0 Å². The summed E-state index contributed by atoms with van der Waals surface area (Å²) in [5.74, 6) is 0.0556. The maximum Gasteiger partial charge on any atom is 0.303 e. The summed E-state index contributed by atoms with van der Waals surface area (Å²) >= 11 is 0. The molecule has 116 valence electrons. The molecule has 0 spiro atoms. The highest BCUT2D eigenvalue weighted by molar-refractivity contribution is 5.76. The van der Waals surface area contributed by atoms with Crippen molar-refractivity contribution in [1.82, 2.24) is 10.2 Å². The number of hydrogen-bond acceptors (Lipinski definition) is 3. The molecule has 1 fully saturated rings. The Labute approximate surface area is 121 Å². The van der Waals surface area contributed by atoms with Gasteiger partial charge in [-0.3, -0.25) is 9.59 Å². The van der Waals surface area contributed by atoms with Crippen molar-refractivity contribution in [1.29, 1.82) is 0 Å². The molecule has 2 unspecified atom stereocenters. The Morgan fingerprint density at radius 1 is 1.35 bits per heavy atom. The van der Waals surface area contributed by atoms with Crippen LogP contribution in [-0.4, -0.2) is 47.6 Å². The van der Waals surface area contributed by atoms with E-state index in [1.807, 2.05) is 11.8 Å². The summed E-state index contributed by atoms with van der Waals surface area (Å²) in [4.78, 5) is 24.6. The van der Waals surface area contributed by atoms with Crippen molar-refractivity contribution in [2.45, 2.75) is 52.5 Å². The van der Waals surface area contributed by atoms with E-state index in [4.69, 9.17) is 5.11 Å². The molecule has 1 aliphatic rings. The van der Waals surface area contributed by atoms with Gasteiger partial charge in [0.25, 0.3) is 0 Å². The second-order valence-corrected chi connectivity index (χ2v) is 6.19. The van der Waals surface area contributed by atoms with Crippen molar-refractivity contribution in [2.75, 3.05) is 19.6 Å². The number of likely N-dealkylation sites (tertiary alicyclic amines) is 1. The Morgan fingerprint density at radius 2 is 2.05 bits per heavy atom. The lowest BCUT2D eigenvalue weighted by atomic mass is 9.91. The highest BCUT2D eigenvalue weighted by Gasteiger charge is 2.30. The summed E-state index contributed by atoms with van der Waals surface area (Å²) in [6.45, 7) is 8.44. The molecule has 0 aromatic heterocycles. The largest absolute Gasteiger partial charge is 0.481 e. The van der Waals surface area contributed by atoms with Gasteiger partial charge in [0.05, 0.1) is 0 Å². The molecule has 1 aliphatic heterocycles. The van der Waals surface area contributed by atoms with Gasteiger partial charge in [0.1, 0.15) is 0 Å². The third-order valence-electron chi connectivity index (χ3n) is 3.81. The van der Waals surface area contributed by atoms with Crippen LogP contribution in [0.4, 0.5) is 0 Å². The van der Waals surface area contributed by atoms with E-state index in [0.717, 1.165) is 19.4 Å². The zero-order valence-electron chi connectivity index (χ0n) is 12.9. The Kier molecular flexibility index (Phi) is 6.99. The van der Waals surface area contributed by atoms with Crippen molar-refractivity contribution >= 4 is 11.9 Å². The van der Waals surface area contributed by atoms with Gasteiger partial charge in [-0.2, -0.15) is 0 Å². The first-order valence-corrected chi connectivity index (χ1v) is 7.65. The van der Waals surface area contributed by atoms with Gasteiger partial charge in [0.15, 0.2) is 0 Å². The summed E-state index contributed by atoms with van der Waals surface area (Å²) in [5, 5.41) is 12.4. The maximum atomic E-state index is 11.9. The van der Waals surface area contributed by atoms with Gasteiger partial charge in [0, 0.05) is 32.0 Å². The number of nitrogens with one attached hydrogen (secondary N) is 1. The van der Waals surface area contributed by atoms with Crippen molar-refractivity contribution in [3.05, 3.63) is 0 Å². The first-order chi connectivity index (χ1) is 9.42. The van der Waals surface area contributed by atoms with Gasteiger partial charge in [-0.25, -0.2) is 0 Å². The molecule has 20 heavy (non-hydrogen) atoms. The number of hydrogen-bond donors (Lipinski definition) is 2. The molecule has 2 atom stereocenters. The molecule has 5 nitrogen and oxygen atoms in total. The Hall–Kier alpha value is -1.10. The standard InChI is InChI=1S/C15H28N2O3/c1-4-14(18)17-9-12(8-15(19)20)7-13(10-17)16-6-5-11(2)3/h11-13,16H,4-10H2,1-3H3,(H,19,20). The van der Waals surface area contributed by atoms with E-state index in [2.05, 4.69) is 19.2 Å². The average molecular weight is 284 g/mol. The molecule has 1 saturated heterocycles. The lowest BCUT2D eigenvalue weighted by molar-refractivity contribution is -0.141. The van der Waals surface area contributed by atoms with Gasteiger partial charge in [-0.1, -0.05) is 20.8 Å². The predicted octanol–water partition coefficient (Wildman–Crippen LogP) is 1.72. The Bertz CT molecular complexity index is 331. The van der Waals surface area contributed by atoms with E-state index in [1.165, 1.54) is 0 Å². The third-order valence-corrected chi connectivity index (χ3v) is 3.81. The topological polar surface area (TPSA) is 69.6 Å². The van der Waals surface area contributed by atoms with Crippen LogP contribution in [0.1, 0.15) is 46.5 Å². The summed E-state index contributed by atoms with van der Waals surface area (Å²) in [7, 11) is 0. The number of carbonyl (C=O) groups is 2. The summed E-state index contributed by atoms with van der Waals surface area (Å²) in [5.41, 5.74) is 0. The third kappa shape index (κ3) is 5.90. The normalized spacial score (nSPS) is 23.1. The van der Waals surface area contributed by atoms with Crippen LogP contribution < -0.4 is 5.32 Å². The van der Waals surface area contributed by atoms with E-state index in [1.54, 1.807) is 0 Å². The second-order valence-electron chi connectivity index (χ2n) is 6.19. The van der Waals surface area contributed by atoms with Crippen molar-refractivity contribution in [3.8, 4) is 0 Å². The molecular weight excluding hydrogens is 256 g/mol. The number of aliphatic carboxylic acids is 1. The molecule has 1 amide bonds. The lowest BCUT2D eigenvalue weighted by Crippen LogP contribution is -2.51. The zero-order chi connectivity index (χ0) is 15.1. The van der Waals surface area contributed by atoms with E-state index in [9.17, 15) is 9.59 Å². The zero-order valence-corrected chi connectivity index (χ0v) is 12.9. The fourth-order valence-corrected chi connectivity index (χ4v) is 2.75. The van der Waals surface area contributed by atoms with Crippen LogP contribution in [0.5, 0.6) is 0 Å². The highest BCUT2D eigenvalue weighted by atomic mass is 16.4. The van der Waals surface area contributed by atoms with Crippen molar-refractivity contribution in [2.24, 2.45) is 11.8 Å². The van der Waals surface area contributed by atoms with Crippen LogP contribution >= 0.6 is 0 Å². The molecule has 0 saturated carbocycles. The first-order valence-electron chi connectivity index (χ1n) is 7.65. The molecule has 5 heteroatoms. The molecule has 0 aromatic rings. The van der Waals surface area contributed by atoms with E-state index >= 15 is 0 Å². The Balaban J connectivity index is 2.54. The number of rotatable bonds is 7. The lowest BCUT2D eigenvalue weighted by Gasteiger charge is -2.38. The van der Waals surface area contributed by atoms with Gasteiger partial charge in [-0.05, 0) is 31.2 Å². The van der Waals surface area contributed by atoms with Gasteiger partial charge in [0.2, 0.25) is 5.91 Å². The van der Waals surface area contributed by atoms with Gasteiger partial charge in [-0.15, -0.1) is 0 Å². The Morgan fingerprint density at radius 3 is 2.60 bits per heavy atom. The second kappa shape index (κ2) is 8.25. The van der Waals surface area contributed by atoms with Crippen LogP contribution in [0.15, 0.2) is 0 Å². The average Bonchev–Trinajstić information content (AvgIpc) is 2.36. The predicted molar refractivity (Wildman–Crippen MR) is 78.5 cm³/mol. The minimum absolute atomic E-state index is 0.0632. The monoisotopic (exact) mass is 284 g/mol. The SMILES string of the molecule is CCC(=O)N1CC(CC(=O)O)CC(NCCC(C)C)C1. The van der Waals surface area contributed by atoms with Crippen molar-refractivity contribution < 1.29 is 14.7 Å². The minimum Gasteiger partial charge on any atom is -0.481 e. The molecule has 2 N–H and O–H groups in total. The minimum atomic E-state index is -0.776. The molecule has 1 rings (SSSR count).